The Hall–Kier alpha value is -3.49. The molecule has 1 atom stereocenters. The number of unbranched alkanes of at least 4 members (excludes halogenated alkanes) is 1. The first-order valence-electron chi connectivity index (χ1n) is 10.4. The molecule has 0 fully saturated rings. The van der Waals surface area contributed by atoms with Crippen LogP contribution in [-0.4, -0.2) is 37.5 Å². The second-order valence-electron chi connectivity index (χ2n) is 7.57. The molecule has 9 nitrogen and oxygen atoms in total. The van der Waals surface area contributed by atoms with E-state index in [9.17, 15) is 14.4 Å². The average molecular weight is 425 g/mol. The number of esters is 1. The third-order valence-corrected chi connectivity index (χ3v) is 4.85. The minimum absolute atomic E-state index is 0.0122. The number of fused-ring (bicyclic) bond motifs is 1. The van der Waals surface area contributed by atoms with Crippen molar-refractivity contribution in [1.82, 2.24) is 19.6 Å². The number of aryl methyl sites for hydroxylation is 1. The normalized spacial score (nSPS) is 12.2. The van der Waals surface area contributed by atoms with Crippen molar-refractivity contribution >= 4 is 28.5 Å². The molecule has 0 saturated carbocycles. The van der Waals surface area contributed by atoms with Crippen LogP contribution in [0, 0.1) is 0 Å². The van der Waals surface area contributed by atoms with Gasteiger partial charge in [0.05, 0.1) is 11.6 Å². The quantitative estimate of drug-likeness (QED) is 0.556. The zero-order chi connectivity index (χ0) is 22.5. The first-order valence-corrected chi connectivity index (χ1v) is 10.4. The Kier molecular flexibility index (Phi) is 6.84. The summed E-state index contributed by atoms with van der Waals surface area (Å²) in [6.07, 6.45) is 2.15. The molecule has 2 aromatic heterocycles. The number of nitrogens with zero attached hydrogens (tertiary/aromatic N) is 4. The van der Waals surface area contributed by atoms with Crippen LogP contribution in [-0.2, 0) is 16.1 Å². The molecule has 0 spiro atoms. The number of carbonyl (C=O) groups excluding carboxylic acids is 2. The molecular weight excluding hydrogens is 398 g/mol. The fourth-order valence-electron chi connectivity index (χ4n) is 3.17. The fourth-order valence-corrected chi connectivity index (χ4v) is 3.17. The highest BCUT2D eigenvalue weighted by Crippen LogP contribution is 2.17. The van der Waals surface area contributed by atoms with Gasteiger partial charge < -0.3 is 10.1 Å². The Morgan fingerprint density at radius 3 is 2.52 bits per heavy atom. The zero-order valence-electron chi connectivity index (χ0n) is 18.2. The fraction of sp³-hybridized carbons (Fsp3) is 0.409. The average Bonchev–Trinajstić information content (AvgIpc) is 3.21. The lowest BCUT2D eigenvalue weighted by atomic mass is 10.1. The maximum Gasteiger partial charge on any atom is 0.360 e. The van der Waals surface area contributed by atoms with Crippen molar-refractivity contribution in [2.45, 2.75) is 59.2 Å². The molecule has 0 aliphatic carbocycles. The van der Waals surface area contributed by atoms with Crippen molar-refractivity contribution in [1.29, 1.82) is 0 Å². The maximum absolute atomic E-state index is 12.9. The summed E-state index contributed by atoms with van der Waals surface area (Å²) in [4.78, 5) is 38.1. The van der Waals surface area contributed by atoms with Gasteiger partial charge in [0.2, 0.25) is 0 Å². The molecule has 0 aliphatic rings. The minimum atomic E-state index is -1.07. The van der Waals surface area contributed by atoms with Gasteiger partial charge in [0, 0.05) is 24.0 Å². The van der Waals surface area contributed by atoms with Crippen LogP contribution in [0.15, 0.2) is 41.3 Å². The summed E-state index contributed by atoms with van der Waals surface area (Å²) >= 11 is 0. The minimum Gasteiger partial charge on any atom is -0.448 e. The molecule has 0 radical (unpaired) electrons. The molecule has 1 amide bonds. The number of aromatic nitrogens is 4. The van der Waals surface area contributed by atoms with E-state index in [4.69, 9.17) is 4.74 Å². The summed E-state index contributed by atoms with van der Waals surface area (Å²) < 4.78 is 8.34. The van der Waals surface area contributed by atoms with Gasteiger partial charge in [-0.2, -0.15) is 10.2 Å². The van der Waals surface area contributed by atoms with Gasteiger partial charge in [-0.05, 0) is 33.3 Å². The predicted octanol–water partition coefficient (Wildman–Crippen LogP) is 3.16. The number of amides is 1. The van der Waals surface area contributed by atoms with Crippen molar-refractivity contribution in [3.63, 3.8) is 0 Å². The number of hydrogen-bond donors (Lipinski definition) is 1. The van der Waals surface area contributed by atoms with Crippen LogP contribution in [0.5, 0.6) is 0 Å². The molecule has 1 aromatic carbocycles. The van der Waals surface area contributed by atoms with E-state index in [1.807, 2.05) is 20.8 Å². The SMILES string of the molecule is CCCCn1nc(C(=O)OC(C)C(=O)Nc2ccnn2C(C)C)c2ccccc2c1=O. The lowest BCUT2D eigenvalue weighted by Gasteiger charge is -2.16. The van der Waals surface area contributed by atoms with E-state index in [2.05, 4.69) is 15.5 Å². The van der Waals surface area contributed by atoms with Crippen molar-refractivity contribution in [2.24, 2.45) is 0 Å². The molecule has 0 bridgehead atoms. The second kappa shape index (κ2) is 9.55. The van der Waals surface area contributed by atoms with Gasteiger partial charge >= 0.3 is 5.97 Å². The van der Waals surface area contributed by atoms with Gasteiger partial charge in [-0.15, -0.1) is 0 Å². The van der Waals surface area contributed by atoms with E-state index in [0.717, 1.165) is 12.8 Å². The predicted molar refractivity (Wildman–Crippen MR) is 117 cm³/mol. The van der Waals surface area contributed by atoms with Crippen LogP contribution in [0.2, 0.25) is 0 Å². The van der Waals surface area contributed by atoms with Crippen LogP contribution in [0.4, 0.5) is 5.82 Å². The van der Waals surface area contributed by atoms with Crippen molar-refractivity contribution in [2.75, 3.05) is 5.32 Å². The number of benzene rings is 1. The molecular formula is C22H27N5O4. The van der Waals surface area contributed by atoms with Gasteiger partial charge in [-0.3, -0.25) is 9.59 Å². The molecule has 0 saturated heterocycles. The van der Waals surface area contributed by atoms with Crippen molar-refractivity contribution in [3.8, 4) is 0 Å². The first-order chi connectivity index (χ1) is 14.8. The van der Waals surface area contributed by atoms with Gasteiger partial charge in [0.1, 0.15) is 5.82 Å². The standard InChI is InChI=1S/C22H27N5O4/c1-5-6-13-26-21(29)17-10-8-7-9-16(17)19(25-26)22(30)31-15(4)20(28)24-18-11-12-23-27(18)14(2)3/h7-12,14-15H,5-6,13H2,1-4H3,(H,24,28). The van der Waals surface area contributed by atoms with Gasteiger partial charge in [-0.25, -0.2) is 14.2 Å². The maximum atomic E-state index is 12.9. The Morgan fingerprint density at radius 1 is 1.13 bits per heavy atom. The van der Waals surface area contributed by atoms with Crippen LogP contribution in [0.1, 0.15) is 57.1 Å². The van der Waals surface area contributed by atoms with E-state index in [1.165, 1.54) is 11.6 Å². The third-order valence-electron chi connectivity index (χ3n) is 4.85. The highest BCUT2D eigenvalue weighted by molar-refractivity contribution is 6.03. The number of carbonyl (C=O) groups is 2. The number of rotatable bonds is 8. The molecule has 1 unspecified atom stereocenters. The third kappa shape index (κ3) is 4.82. The zero-order valence-corrected chi connectivity index (χ0v) is 18.2. The Bertz CT molecular complexity index is 1150. The van der Waals surface area contributed by atoms with Gasteiger partial charge in [-0.1, -0.05) is 31.5 Å². The van der Waals surface area contributed by atoms with Gasteiger partial charge in [0.15, 0.2) is 11.8 Å². The Balaban J connectivity index is 1.83. The number of hydrogen-bond acceptors (Lipinski definition) is 6. The molecule has 1 N–H and O–H groups in total. The summed E-state index contributed by atoms with van der Waals surface area (Å²) in [6, 6.07) is 8.49. The van der Waals surface area contributed by atoms with E-state index in [1.54, 1.807) is 41.2 Å². The Labute approximate surface area is 180 Å². The number of anilines is 1. The van der Waals surface area contributed by atoms with E-state index >= 15 is 0 Å². The molecule has 0 aliphatic heterocycles. The highest BCUT2D eigenvalue weighted by atomic mass is 16.5. The summed E-state index contributed by atoms with van der Waals surface area (Å²) in [5.41, 5.74) is -0.244. The van der Waals surface area contributed by atoms with Crippen molar-refractivity contribution in [3.05, 3.63) is 52.6 Å². The van der Waals surface area contributed by atoms with E-state index in [0.29, 0.717) is 23.1 Å². The van der Waals surface area contributed by atoms with E-state index in [-0.39, 0.29) is 17.3 Å². The summed E-state index contributed by atoms with van der Waals surface area (Å²) in [6.45, 7) is 7.77. The second-order valence-corrected chi connectivity index (χ2v) is 7.57. The van der Waals surface area contributed by atoms with Crippen LogP contribution in [0.3, 0.4) is 0 Å². The molecule has 164 valence electrons. The molecule has 3 rings (SSSR count). The summed E-state index contributed by atoms with van der Waals surface area (Å²) in [5, 5.41) is 11.9. The first kappa shape index (κ1) is 22.2. The van der Waals surface area contributed by atoms with Crippen LogP contribution >= 0.6 is 0 Å². The molecule has 3 aromatic rings. The summed E-state index contributed by atoms with van der Waals surface area (Å²) in [5.74, 6) is -0.736. The molecule has 31 heavy (non-hydrogen) atoms. The number of ether oxygens (including phenoxy) is 1. The monoisotopic (exact) mass is 425 g/mol. The van der Waals surface area contributed by atoms with E-state index < -0.39 is 18.0 Å². The Morgan fingerprint density at radius 2 is 1.84 bits per heavy atom. The van der Waals surface area contributed by atoms with Gasteiger partial charge in [0.25, 0.3) is 11.5 Å². The smallest absolute Gasteiger partial charge is 0.360 e. The lowest BCUT2D eigenvalue weighted by Crippen LogP contribution is -2.32. The largest absolute Gasteiger partial charge is 0.448 e. The topological polar surface area (TPSA) is 108 Å². The summed E-state index contributed by atoms with van der Waals surface area (Å²) in [7, 11) is 0. The molecule has 2 heterocycles. The highest BCUT2D eigenvalue weighted by Gasteiger charge is 2.24. The van der Waals surface area contributed by atoms with Crippen molar-refractivity contribution < 1.29 is 14.3 Å². The van der Waals surface area contributed by atoms with Crippen LogP contribution in [0.25, 0.3) is 10.8 Å². The number of nitrogens with one attached hydrogen (secondary N) is 1. The lowest BCUT2D eigenvalue weighted by molar-refractivity contribution is -0.123. The molecule has 9 heteroatoms. The van der Waals surface area contributed by atoms with Crippen LogP contribution < -0.4 is 10.9 Å².